The quantitative estimate of drug-likeness (QED) is 0.630. The monoisotopic (exact) mass is 385 g/mol. The maximum absolute atomic E-state index is 12.2. The summed E-state index contributed by atoms with van der Waals surface area (Å²) in [5.74, 6) is 2.51. The molecule has 6 heteroatoms. The molecule has 0 unspecified atom stereocenters. The minimum Gasteiger partial charge on any atom is -0.497 e. The zero-order valence-electron chi connectivity index (χ0n) is 16.8. The van der Waals surface area contributed by atoms with Gasteiger partial charge < -0.3 is 24.3 Å². The van der Waals surface area contributed by atoms with Gasteiger partial charge in [0, 0.05) is 18.2 Å². The van der Waals surface area contributed by atoms with Crippen LogP contribution >= 0.6 is 0 Å². The maximum Gasteiger partial charge on any atom is 0.244 e. The van der Waals surface area contributed by atoms with Crippen molar-refractivity contribution in [3.8, 4) is 23.0 Å². The fourth-order valence-electron chi connectivity index (χ4n) is 2.55. The molecule has 0 aromatic heterocycles. The summed E-state index contributed by atoms with van der Waals surface area (Å²) in [6.07, 6.45) is 4.13. The molecule has 2 aromatic rings. The summed E-state index contributed by atoms with van der Waals surface area (Å²) < 4.78 is 21.5. The molecule has 0 aliphatic heterocycles. The SMILES string of the molecule is CCCOc1ccc(/C=C/C(=O)NCc2cc(OC)ccc2OC)cc1OC. The Balaban J connectivity index is 2.00. The van der Waals surface area contributed by atoms with Crippen LogP contribution < -0.4 is 24.3 Å². The van der Waals surface area contributed by atoms with Crippen LogP contribution in [0.5, 0.6) is 23.0 Å². The lowest BCUT2D eigenvalue weighted by Gasteiger charge is -2.11. The van der Waals surface area contributed by atoms with E-state index in [2.05, 4.69) is 5.32 Å². The molecule has 0 fully saturated rings. The van der Waals surface area contributed by atoms with Gasteiger partial charge in [0.05, 0.1) is 27.9 Å². The first-order chi connectivity index (χ1) is 13.6. The molecule has 28 heavy (non-hydrogen) atoms. The summed E-state index contributed by atoms with van der Waals surface area (Å²) in [4.78, 5) is 12.2. The van der Waals surface area contributed by atoms with Crippen LogP contribution in [0.1, 0.15) is 24.5 Å². The van der Waals surface area contributed by atoms with Crippen molar-refractivity contribution in [3.05, 3.63) is 53.6 Å². The second-order valence-corrected chi connectivity index (χ2v) is 5.99. The van der Waals surface area contributed by atoms with E-state index in [4.69, 9.17) is 18.9 Å². The molecule has 1 amide bonds. The van der Waals surface area contributed by atoms with Crippen molar-refractivity contribution in [3.63, 3.8) is 0 Å². The van der Waals surface area contributed by atoms with E-state index in [0.29, 0.717) is 36.1 Å². The van der Waals surface area contributed by atoms with Crippen LogP contribution in [0.3, 0.4) is 0 Å². The summed E-state index contributed by atoms with van der Waals surface area (Å²) in [6.45, 7) is 3.00. The highest BCUT2D eigenvalue weighted by molar-refractivity contribution is 5.91. The van der Waals surface area contributed by atoms with Crippen molar-refractivity contribution < 1.29 is 23.7 Å². The van der Waals surface area contributed by atoms with E-state index in [0.717, 1.165) is 17.5 Å². The van der Waals surface area contributed by atoms with Crippen LogP contribution in [0, 0.1) is 0 Å². The number of carbonyl (C=O) groups excluding carboxylic acids is 1. The molecular weight excluding hydrogens is 358 g/mol. The zero-order chi connectivity index (χ0) is 20.4. The van der Waals surface area contributed by atoms with Crippen LogP contribution in [0.15, 0.2) is 42.5 Å². The first kappa shape index (κ1) is 21.2. The number of methoxy groups -OCH3 is 3. The zero-order valence-corrected chi connectivity index (χ0v) is 16.8. The predicted octanol–water partition coefficient (Wildman–Crippen LogP) is 3.83. The molecule has 0 aliphatic rings. The fraction of sp³-hybridized carbons (Fsp3) is 0.318. The van der Waals surface area contributed by atoms with Crippen molar-refractivity contribution in [2.75, 3.05) is 27.9 Å². The maximum atomic E-state index is 12.2. The van der Waals surface area contributed by atoms with Crippen molar-refractivity contribution >= 4 is 12.0 Å². The molecule has 150 valence electrons. The Labute approximate surface area is 166 Å². The summed E-state index contributed by atoms with van der Waals surface area (Å²) in [7, 11) is 4.78. The Morgan fingerprint density at radius 1 is 0.964 bits per heavy atom. The number of amides is 1. The van der Waals surface area contributed by atoms with E-state index in [1.54, 1.807) is 27.4 Å². The Morgan fingerprint density at radius 3 is 2.39 bits per heavy atom. The summed E-state index contributed by atoms with van der Waals surface area (Å²) in [5, 5.41) is 2.85. The summed E-state index contributed by atoms with van der Waals surface area (Å²) in [5.41, 5.74) is 1.68. The molecule has 0 heterocycles. The Bertz CT molecular complexity index is 817. The lowest BCUT2D eigenvalue weighted by molar-refractivity contribution is -0.116. The Hall–Kier alpha value is -3.15. The van der Waals surface area contributed by atoms with Crippen LogP contribution in [0.2, 0.25) is 0 Å². The molecule has 2 aromatic carbocycles. The molecule has 2 rings (SSSR count). The minimum atomic E-state index is -0.213. The normalized spacial score (nSPS) is 10.6. The van der Waals surface area contributed by atoms with E-state index in [1.165, 1.54) is 6.08 Å². The second-order valence-electron chi connectivity index (χ2n) is 5.99. The van der Waals surface area contributed by atoms with E-state index >= 15 is 0 Å². The summed E-state index contributed by atoms with van der Waals surface area (Å²) in [6, 6.07) is 11.0. The first-order valence-electron chi connectivity index (χ1n) is 9.09. The van der Waals surface area contributed by atoms with Gasteiger partial charge >= 0.3 is 0 Å². The van der Waals surface area contributed by atoms with Crippen molar-refractivity contribution in [2.24, 2.45) is 0 Å². The topological polar surface area (TPSA) is 66.0 Å². The van der Waals surface area contributed by atoms with Gasteiger partial charge in [-0.25, -0.2) is 0 Å². The smallest absolute Gasteiger partial charge is 0.244 e. The minimum absolute atomic E-state index is 0.213. The third-order valence-corrected chi connectivity index (χ3v) is 4.02. The lowest BCUT2D eigenvalue weighted by Crippen LogP contribution is -2.20. The molecule has 0 atom stereocenters. The van der Waals surface area contributed by atoms with E-state index in [1.807, 2.05) is 43.3 Å². The number of ether oxygens (including phenoxy) is 4. The Kier molecular flexibility index (Phi) is 8.21. The standard InChI is InChI=1S/C22H27NO5/c1-5-12-28-20-9-6-16(13-21(20)27-4)7-11-22(24)23-15-17-14-18(25-2)8-10-19(17)26-3/h6-11,13-14H,5,12,15H2,1-4H3,(H,23,24)/b11-7+. The Morgan fingerprint density at radius 2 is 1.71 bits per heavy atom. The molecule has 0 bridgehead atoms. The highest BCUT2D eigenvalue weighted by Gasteiger charge is 2.07. The highest BCUT2D eigenvalue weighted by atomic mass is 16.5. The second kappa shape index (κ2) is 10.9. The molecular formula is C22H27NO5. The third kappa shape index (κ3) is 5.94. The van der Waals surface area contributed by atoms with Crippen LogP contribution in [-0.2, 0) is 11.3 Å². The van der Waals surface area contributed by atoms with Gasteiger partial charge in [-0.05, 0) is 48.4 Å². The molecule has 0 saturated heterocycles. The van der Waals surface area contributed by atoms with Gasteiger partial charge in [0.25, 0.3) is 0 Å². The van der Waals surface area contributed by atoms with E-state index in [9.17, 15) is 4.79 Å². The molecule has 0 saturated carbocycles. The van der Waals surface area contributed by atoms with Crippen molar-refractivity contribution in [2.45, 2.75) is 19.9 Å². The predicted molar refractivity (Wildman–Crippen MR) is 109 cm³/mol. The fourth-order valence-corrected chi connectivity index (χ4v) is 2.55. The number of benzene rings is 2. The van der Waals surface area contributed by atoms with Gasteiger partial charge in [0.2, 0.25) is 5.91 Å². The average molecular weight is 385 g/mol. The van der Waals surface area contributed by atoms with E-state index < -0.39 is 0 Å². The number of hydrogen-bond donors (Lipinski definition) is 1. The first-order valence-corrected chi connectivity index (χ1v) is 9.09. The van der Waals surface area contributed by atoms with Gasteiger partial charge in [0.1, 0.15) is 11.5 Å². The number of nitrogens with one attached hydrogen (secondary N) is 1. The molecule has 0 radical (unpaired) electrons. The van der Waals surface area contributed by atoms with Gasteiger partial charge in [-0.3, -0.25) is 4.79 Å². The van der Waals surface area contributed by atoms with Crippen LogP contribution in [-0.4, -0.2) is 33.8 Å². The van der Waals surface area contributed by atoms with Crippen molar-refractivity contribution in [1.82, 2.24) is 5.32 Å². The summed E-state index contributed by atoms with van der Waals surface area (Å²) >= 11 is 0. The van der Waals surface area contributed by atoms with Gasteiger partial charge in [-0.1, -0.05) is 13.0 Å². The largest absolute Gasteiger partial charge is 0.497 e. The molecule has 0 aliphatic carbocycles. The molecule has 0 spiro atoms. The van der Waals surface area contributed by atoms with Crippen molar-refractivity contribution in [1.29, 1.82) is 0 Å². The van der Waals surface area contributed by atoms with Crippen LogP contribution in [0.4, 0.5) is 0 Å². The van der Waals surface area contributed by atoms with Gasteiger partial charge in [0.15, 0.2) is 11.5 Å². The molecule has 1 N–H and O–H groups in total. The van der Waals surface area contributed by atoms with Gasteiger partial charge in [-0.15, -0.1) is 0 Å². The van der Waals surface area contributed by atoms with Gasteiger partial charge in [-0.2, -0.15) is 0 Å². The van der Waals surface area contributed by atoms with Crippen LogP contribution in [0.25, 0.3) is 6.08 Å². The number of hydrogen-bond acceptors (Lipinski definition) is 5. The molecule has 6 nitrogen and oxygen atoms in total. The third-order valence-electron chi connectivity index (χ3n) is 4.02. The highest BCUT2D eigenvalue weighted by Crippen LogP contribution is 2.28. The number of rotatable bonds is 10. The van der Waals surface area contributed by atoms with E-state index in [-0.39, 0.29) is 5.91 Å². The number of carbonyl (C=O) groups is 1. The lowest BCUT2D eigenvalue weighted by atomic mass is 10.1. The average Bonchev–Trinajstić information content (AvgIpc) is 2.74.